The minimum Gasteiger partial charge on any atom is -0.370 e. The maximum absolute atomic E-state index is 12.9. The number of carbonyl (C=O) groups is 1. The van der Waals surface area contributed by atoms with Gasteiger partial charge in [-0.05, 0) is 31.5 Å². The molecule has 1 aromatic rings. The number of amides is 1. The third kappa shape index (κ3) is 4.44. The van der Waals surface area contributed by atoms with E-state index in [0.29, 0.717) is 4.47 Å². The molecule has 17 heavy (non-hydrogen) atoms. The molecule has 0 aliphatic heterocycles. The number of nitrogens with one attached hydrogen (secondary N) is 1. The molecule has 2 atom stereocenters. The Hall–Kier alpha value is -0.940. The monoisotopic (exact) mass is 302 g/mol. The van der Waals surface area contributed by atoms with Crippen LogP contribution in [0, 0.1) is 5.82 Å². The third-order valence-corrected chi connectivity index (χ3v) is 3.16. The number of primary amides is 1. The Balaban J connectivity index is 2.69. The van der Waals surface area contributed by atoms with Crippen molar-refractivity contribution in [1.82, 2.24) is 5.32 Å². The zero-order valence-corrected chi connectivity index (χ0v) is 11.4. The van der Waals surface area contributed by atoms with Gasteiger partial charge in [0.05, 0.1) is 0 Å². The van der Waals surface area contributed by atoms with Crippen molar-refractivity contribution in [3.63, 3.8) is 0 Å². The molecule has 0 aromatic heterocycles. The SMILES string of the molecule is CC(CC(N)=O)NC(C)c1ccc(F)cc1Br. The summed E-state index contributed by atoms with van der Waals surface area (Å²) in [5.74, 6) is -0.617. The van der Waals surface area contributed by atoms with Crippen molar-refractivity contribution in [2.24, 2.45) is 5.73 Å². The van der Waals surface area contributed by atoms with Gasteiger partial charge >= 0.3 is 0 Å². The van der Waals surface area contributed by atoms with Gasteiger partial charge in [0.2, 0.25) is 5.91 Å². The Labute approximate surface area is 109 Å². The summed E-state index contributed by atoms with van der Waals surface area (Å²) in [5, 5.41) is 3.23. The van der Waals surface area contributed by atoms with E-state index in [1.54, 1.807) is 6.07 Å². The van der Waals surface area contributed by atoms with Crippen LogP contribution in [-0.2, 0) is 4.79 Å². The molecule has 1 rings (SSSR count). The summed E-state index contributed by atoms with van der Waals surface area (Å²) in [6, 6.07) is 4.55. The second-order valence-corrected chi connectivity index (χ2v) is 4.98. The van der Waals surface area contributed by atoms with Gasteiger partial charge in [-0.15, -0.1) is 0 Å². The van der Waals surface area contributed by atoms with Crippen LogP contribution in [-0.4, -0.2) is 11.9 Å². The molecule has 0 aliphatic rings. The van der Waals surface area contributed by atoms with Crippen LogP contribution in [0.4, 0.5) is 4.39 Å². The zero-order chi connectivity index (χ0) is 13.0. The van der Waals surface area contributed by atoms with Gasteiger partial charge in [-0.3, -0.25) is 4.79 Å². The summed E-state index contributed by atoms with van der Waals surface area (Å²) >= 11 is 3.32. The van der Waals surface area contributed by atoms with Crippen LogP contribution >= 0.6 is 15.9 Å². The van der Waals surface area contributed by atoms with E-state index in [9.17, 15) is 9.18 Å². The molecule has 2 unspecified atom stereocenters. The molecular formula is C12H16BrFN2O. The van der Waals surface area contributed by atoms with Crippen LogP contribution in [0.3, 0.4) is 0 Å². The second kappa shape index (κ2) is 6.12. The molecule has 0 bridgehead atoms. The Bertz CT molecular complexity index is 411. The summed E-state index contributed by atoms with van der Waals surface area (Å²) in [7, 11) is 0. The minimum atomic E-state index is -0.338. The number of rotatable bonds is 5. The van der Waals surface area contributed by atoms with E-state index in [1.165, 1.54) is 12.1 Å². The number of nitrogens with two attached hydrogens (primary N) is 1. The van der Waals surface area contributed by atoms with Crippen molar-refractivity contribution in [3.05, 3.63) is 34.1 Å². The van der Waals surface area contributed by atoms with Gasteiger partial charge in [0, 0.05) is 23.0 Å². The highest BCUT2D eigenvalue weighted by Gasteiger charge is 2.13. The van der Waals surface area contributed by atoms with Crippen LogP contribution in [0.25, 0.3) is 0 Å². The number of hydrogen-bond donors (Lipinski definition) is 2. The Morgan fingerprint density at radius 2 is 2.18 bits per heavy atom. The highest BCUT2D eigenvalue weighted by Crippen LogP contribution is 2.24. The second-order valence-electron chi connectivity index (χ2n) is 4.13. The number of hydrogen-bond acceptors (Lipinski definition) is 2. The summed E-state index contributed by atoms with van der Waals surface area (Å²) in [6.07, 6.45) is 0.281. The molecule has 3 N–H and O–H groups in total. The molecule has 0 heterocycles. The summed E-state index contributed by atoms with van der Waals surface area (Å²) in [6.45, 7) is 3.84. The molecule has 1 amide bonds. The van der Waals surface area contributed by atoms with Crippen LogP contribution in [0.2, 0.25) is 0 Å². The molecule has 94 valence electrons. The van der Waals surface area contributed by atoms with Crippen molar-refractivity contribution in [3.8, 4) is 0 Å². The normalized spacial score (nSPS) is 14.4. The van der Waals surface area contributed by atoms with Gasteiger partial charge in [0.25, 0.3) is 0 Å². The van der Waals surface area contributed by atoms with Crippen LogP contribution in [0.5, 0.6) is 0 Å². The average Bonchev–Trinajstić information content (AvgIpc) is 2.15. The van der Waals surface area contributed by atoms with Crippen molar-refractivity contribution in [2.45, 2.75) is 32.4 Å². The van der Waals surface area contributed by atoms with E-state index in [1.807, 2.05) is 13.8 Å². The summed E-state index contributed by atoms with van der Waals surface area (Å²) in [4.78, 5) is 10.8. The van der Waals surface area contributed by atoms with Crippen molar-refractivity contribution in [1.29, 1.82) is 0 Å². The van der Waals surface area contributed by atoms with E-state index in [-0.39, 0.29) is 30.2 Å². The van der Waals surface area contributed by atoms with Gasteiger partial charge in [0.1, 0.15) is 5.82 Å². The van der Waals surface area contributed by atoms with E-state index < -0.39 is 0 Å². The Morgan fingerprint density at radius 3 is 2.71 bits per heavy atom. The zero-order valence-electron chi connectivity index (χ0n) is 9.84. The maximum atomic E-state index is 12.9. The lowest BCUT2D eigenvalue weighted by Crippen LogP contribution is -2.33. The molecule has 0 aliphatic carbocycles. The molecule has 0 fully saturated rings. The van der Waals surface area contributed by atoms with Crippen LogP contribution in [0.1, 0.15) is 31.9 Å². The molecule has 0 saturated heterocycles. The van der Waals surface area contributed by atoms with E-state index in [0.717, 1.165) is 5.56 Å². The smallest absolute Gasteiger partial charge is 0.218 e. The fraction of sp³-hybridized carbons (Fsp3) is 0.417. The average molecular weight is 303 g/mol. The lowest BCUT2D eigenvalue weighted by atomic mass is 10.1. The molecule has 0 radical (unpaired) electrons. The van der Waals surface area contributed by atoms with Crippen LogP contribution in [0.15, 0.2) is 22.7 Å². The van der Waals surface area contributed by atoms with E-state index in [2.05, 4.69) is 21.2 Å². The number of benzene rings is 1. The first kappa shape index (κ1) is 14.1. The molecular weight excluding hydrogens is 287 g/mol. The molecule has 5 heteroatoms. The van der Waals surface area contributed by atoms with Gasteiger partial charge in [-0.2, -0.15) is 0 Å². The van der Waals surface area contributed by atoms with Gasteiger partial charge in [-0.25, -0.2) is 4.39 Å². The first-order valence-electron chi connectivity index (χ1n) is 5.39. The minimum absolute atomic E-state index is 0.0133. The highest BCUT2D eigenvalue weighted by atomic mass is 79.9. The fourth-order valence-corrected chi connectivity index (χ4v) is 2.42. The fourth-order valence-electron chi connectivity index (χ4n) is 1.73. The predicted octanol–water partition coefficient (Wildman–Crippen LogP) is 2.50. The first-order chi connectivity index (χ1) is 7.90. The molecule has 0 saturated carbocycles. The summed E-state index contributed by atoms with van der Waals surface area (Å²) < 4.78 is 13.6. The first-order valence-corrected chi connectivity index (χ1v) is 6.18. The maximum Gasteiger partial charge on any atom is 0.218 e. The van der Waals surface area contributed by atoms with E-state index in [4.69, 9.17) is 5.73 Å². The topological polar surface area (TPSA) is 55.1 Å². The summed E-state index contributed by atoms with van der Waals surface area (Å²) in [5.41, 5.74) is 6.07. The standard InChI is InChI=1S/C12H16BrFN2O/c1-7(5-12(15)17)16-8(2)10-4-3-9(14)6-11(10)13/h3-4,6-8,16H,5H2,1-2H3,(H2,15,17). The van der Waals surface area contributed by atoms with Crippen molar-refractivity contribution >= 4 is 21.8 Å². The van der Waals surface area contributed by atoms with Crippen LogP contribution < -0.4 is 11.1 Å². The predicted molar refractivity (Wildman–Crippen MR) is 68.9 cm³/mol. The lowest BCUT2D eigenvalue weighted by molar-refractivity contribution is -0.118. The highest BCUT2D eigenvalue weighted by molar-refractivity contribution is 9.10. The van der Waals surface area contributed by atoms with Gasteiger partial charge in [-0.1, -0.05) is 22.0 Å². The molecule has 0 spiro atoms. The molecule has 3 nitrogen and oxygen atoms in total. The lowest BCUT2D eigenvalue weighted by Gasteiger charge is -2.20. The largest absolute Gasteiger partial charge is 0.370 e. The van der Waals surface area contributed by atoms with Crippen molar-refractivity contribution < 1.29 is 9.18 Å². The van der Waals surface area contributed by atoms with E-state index >= 15 is 0 Å². The number of carbonyl (C=O) groups excluding carboxylic acids is 1. The Kier molecular flexibility index (Phi) is 5.08. The van der Waals surface area contributed by atoms with Crippen molar-refractivity contribution in [2.75, 3.05) is 0 Å². The Morgan fingerprint density at radius 1 is 1.53 bits per heavy atom. The van der Waals surface area contributed by atoms with Gasteiger partial charge < -0.3 is 11.1 Å². The number of halogens is 2. The quantitative estimate of drug-likeness (QED) is 0.878. The molecule has 1 aromatic carbocycles. The third-order valence-electron chi connectivity index (χ3n) is 2.47. The van der Waals surface area contributed by atoms with Gasteiger partial charge in [0.15, 0.2) is 0 Å².